The molecule has 29 heavy (non-hydrogen) atoms. The van der Waals surface area contributed by atoms with E-state index in [-0.39, 0.29) is 23.1 Å². The summed E-state index contributed by atoms with van der Waals surface area (Å²) in [6.45, 7) is 1.27. The molecule has 0 atom stereocenters. The molecule has 0 aliphatic carbocycles. The number of benzene rings is 1. The molecule has 2 aromatic heterocycles. The average Bonchev–Trinajstić information content (AvgIpc) is 3.18. The van der Waals surface area contributed by atoms with Gasteiger partial charge in [-0.1, -0.05) is 33.9 Å². The van der Waals surface area contributed by atoms with E-state index in [0.29, 0.717) is 11.1 Å². The zero-order valence-electron chi connectivity index (χ0n) is 15.0. The highest BCUT2D eigenvalue weighted by Crippen LogP contribution is 2.29. The minimum absolute atomic E-state index is 0.114. The number of ether oxygens (including phenoxy) is 1. The number of carbonyl (C=O) groups is 1. The summed E-state index contributed by atoms with van der Waals surface area (Å²) < 4.78 is 60.6. The second-order valence-corrected chi connectivity index (χ2v) is 5.99. The van der Waals surface area contributed by atoms with Gasteiger partial charge in [-0.05, 0) is 24.1 Å². The van der Waals surface area contributed by atoms with Crippen LogP contribution in [-0.4, -0.2) is 26.3 Å². The van der Waals surface area contributed by atoms with Crippen LogP contribution in [0.15, 0.2) is 47.2 Å². The molecule has 2 heterocycles. The molecule has 0 saturated carbocycles. The third-order valence-corrected chi connectivity index (χ3v) is 3.90. The van der Waals surface area contributed by atoms with E-state index >= 15 is 0 Å². The van der Waals surface area contributed by atoms with Gasteiger partial charge in [-0.25, -0.2) is 4.79 Å². The summed E-state index contributed by atoms with van der Waals surface area (Å²) in [5.74, 6) is -1.72. The van der Waals surface area contributed by atoms with Crippen molar-refractivity contribution in [1.82, 2.24) is 20.2 Å². The Morgan fingerprint density at radius 2 is 1.93 bits per heavy atom. The summed E-state index contributed by atoms with van der Waals surface area (Å²) in [4.78, 5) is 19.0. The molecule has 11 heteroatoms. The standard InChI is InChI=1S/C18H14F4N4O3/c1-11-6-7-23-8-14(11)10-28-17(27)26(22)9-12-2-4-13(5-3-12)15-24-16(29-25-15)18(19,20)21/h2-8H,9-10H2,1H3. The van der Waals surface area contributed by atoms with E-state index in [4.69, 9.17) is 4.74 Å². The van der Waals surface area contributed by atoms with Crippen LogP contribution in [0, 0.1) is 6.92 Å². The molecule has 0 bridgehead atoms. The molecule has 0 unspecified atom stereocenters. The van der Waals surface area contributed by atoms with Gasteiger partial charge in [-0.15, -0.1) is 5.12 Å². The van der Waals surface area contributed by atoms with Crippen molar-refractivity contribution in [2.75, 3.05) is 0 Å². The van der Waals surface area contributed by atoms with Gasteiger partial charge in [0.25, 0.3) is 0 Å². The smallest absolute Gasteiger partial charge is 0.443 e. The van der Waals surface area contributed by atoms with Crippen LogP contribution in [0.2, 0.25) is 0 Å². The van der Waals surface area contributed by atoms with E-state index < -0.39 is 24.7 Å². The minimum atomic E-state index is -4.74. The Labute approximate surface area is 161 Å². The van der Waals surface area contributed by atoms with Crippen molar-refractivity contribution in [1.29, 1.82) is 0 Å². The molecule has 0 aliphatic heterocycles. The molecule has 1 amide bonds. The fraction of sp³-hybridized carbons (Fsp3) is 0.222. The summed E-state index contributed by atoms with van der Waals surface area (Å²) in [6.07, 6.45) is -2.81. The maximum Gasteiger partial charge on any atom is 0.471 e. The van der Waals surface area contributed by atoms with Crippen LogP contribution < -0.4 is 0 Å². The van der Waals surface area contributed by atoms with E-state index in [9.17, 15) is 22.4 Å². The first-order chi connectivity index (χ1) is 13.7. The summed E-state index contributed by atoms with van der Waals surface area (Å²) in [6, 6.07) is 7.35. The van der Waals surface area contributed by atoms with Crippen molar-refractivity contribution < 1.29 is 31.7 Å². The Morgan fingerprint density at radius 3 is 2.55 bits per heavy atom. The molecule has 0 radical (unpaired) electrons. The molecule has 3 aromatic rings. The molecular weight excluding hydrogens is 396 g/mol. The summed E-state index contributed by atoms with van der Waals surface area (Å²) in [7, 11) is 0. The lowest BCUT2D eigenvalue weighted by molar-refractivity contribution is -0.159. The number of hydrogen-bond acceptors (Lipinski definition) is 6. The highest BCUT2D eigenvalue weighted by molar-refractivity contribution is 5.66. The number of hydrogen-bond donors (Lipinski definition) is 0. The Bertz CT molecular complexity index is 989. The number of aromatic nitrogens is 3. The normalized spacial score (nSPS) is 11.3. The van der Waals surface area contributed by atoms with Crippen molar-refractivity contribution in [3.63, 3.8) is 0 Å². The zero-order valence-corrected chi connectivity index (χ0v) is 15.0. The van der Waals surface area contributed by atoms with Gasteiger partial charge >= 0.3 is 18.2 Å². The zero-order chi connectivity index (χ0) is 21.0. The van der Waals surface area contributed by atoms with Gasteiger partial charge < -0.3 is 9.26 Å². The lowest BCUT2D eigenvalue weighted by Gasteiger charge is -2.13. The number of halogens is 4. The predicted octanol–water partition coefficient (Wildman–Crippen LogP) is 4.48. The van der Waals surface area contributed by atoms with Crippen LogP contribution in [0.4, 0.5) is 22.4 Å². The van der Waals surface area contributed by atoms with E-state index in [1.807, 2.05) is 0 Å². The Morgan fingerprint density at radius 1 is 1.21 bits per heavy atom. The number of nitrogens with zero attached hydrogens (tertiary/aromatic N) is 4. The number of amides is 1. The van der Waals surface area contributed by atoms with Crippen molar-refractivity contribution in [2.24, 2.45) is 0 Å². The molecule has 152 valence electrons. The number of carbonyl (C=O) groups excluding carboxylic acids is 1. The van der Waals surface area contributed by atoms with Gasteiger partial charge in [-0.3, -0.25) is 4.98 Å². The van der Waals surface area contributed by atoms with Gasteiger partial charge in [0.15, 0.2) is 0 Å². The van der Waals surface area contributed by atoms with Crippen LogP contribution in [0.3, 0.4) is 0 Å². The fourth-order valence-corrected chi connectivity index (χ4v) is 2.30. The van der Waals surface area contributed by atoms with Crippen LogP contribution in [0.5, 0.6) is 0 Å². The van der Waals surface area contributed by atoms with Gasteiger partial charge in [0, 0.05) is 23.5 Å². The molecular formula is C18H14F4N4O3. The first kappa shape index (κ1) is 20.2. The Balaban J connectivity index is 1.58. The monoisotopic (exact) mass is 410 g/mol. The maximum atomic E-state index is 14.0. The first-order valence-electron chi connectivity index (χ1n) is 8.24. The van der Waals surface area contributed by atoms with Crippen molar-refractivity contribution in [3.05, 3.63) is 65.3 Å². The highest BCUT2D eigenvalue weighted by Gasteiger charge is 2.38. The van der Waals surface area contributed by atoms with E-state index in [0.717, 1.165) is 5.56 Å². The molecule has 0 saturated heterocycles. The topological polar surface area (TPSA) is 81.4 Å². The van der Waals surface area contributed by atoms with Crippen LogP contribution in [0.1, 0.15) is 22.6 Å². The minimum Gasteiger partial charge on any atom is -0.443 e. The van der Waals surface area contributed by atoms with Crippen molar-refractivity contribution in [3.8, 4) is 11.4 Å². The predicted molar refractivity (Wildman–Crippen MR) is 90.5 cm³/mol. The summed E-state index contributed by atoms with van der Waals surface area (Å²) in [5, 5.41) is 3.15. The number of alkyl halides is 3. The number of aryl methyl sites for hydroxylation is 1. The molecule has 0 spiro atoms. The fourth-order valence-electron chi connectivity index (χ4n) is 2.30. The number of pyridine rings is 1. The second-order valence-electron chi connectivity index (χ2n) is 5.99. The molecule has 0 N–H and O–H groups in total. The van der Waals surface area contributed by atoms with Crippen molar-refractivity contribution >= 4 is 6.09 Å². The Kier molecular flexibility index (Phi) is 5.76. The maximum absolute atomic E-state index is 14.0. The molecule has 3 rings (SSSR count). The molecule has 1 aromatic carbocycles. The summed E-state index contributed by atoms with van der Waals surface area (Å²) in [5.41, 5.74) is 2.12. The van der Waals surface area contributed by atoms with E-state index in [2.05, 4.69) is 19.6 Å². The van der Waals surface area contributed by atoms with Gasteiger partial charge in [-0.2, -0.15) is 18.2 Å². The molecule has 0 aliphatic rings. The molecule has 7 nitrogen and oxygen atoms in total. The van der Waals surface area contributed by atoms with E-state index in [1.54, 1.807) is 19.2 Å². The Hall–Kier alpha value is -3.50. The second kappa shape index (κ2) is 8.25. The van der Waals surface area contributed by atoms with Crippen LogP contribution in [-0.2, 0) is 24.1 Å². The molecule has 0 fully saturated rings. The van der Waals surface area contributed by atoms with Crippen LogP contribution in [0.25, 0.3) is 11.4 Å². The number of rotatable bonds is 5. The largest absolute Gasteiger partial charge is 0.471 e. The first-order valence-corrected chi connectivity index (χ1v) is 8.24. The third kappa shape index (κ3) is 5.06. The lowest BCUT2D eigenvalue weighted by Crippen LogP contribution is -2.23. The third-order valence-electron chi connectivity index (χ3n) is 3.90. The average molecular weight is 410 g/mol. The summed E-state index contributed by atoms with van der Waals surface area (Å²) >= 11 is 0. The SMILES string of the molecule is Cc1ccncc1COC(=O)N(F)Cc1ccc(-c2noc(C(F)(F)F)n2)cc1. The van der Waals surface area contributed by atoms with Crippen LogP contribution >= 0.6 is 0 Å². The van der Waals surface area contributed by atoms with Gasteiger partial charge in [0.05, 0.1) is 6.54 Å². The van der Waals surface area contributed by atoms with Gasteiger partial charge in [0.2, 0.25) is 5.82 Å². The lowest BCUT2D eigenvalue weighted by atomic mass is 10.1. The van der Waals surface area contributed by atoms with Gasteiger partial charge in [0.1, 0.15) is 6.61 Å². The van der Waals surface area contributed by atoms with Crippen molar-refractivity contribution in [2.45, 2.75) is 26.3 Å². The van der Waals surface area contributed by atoms with E-state index in [1.165, 1.54) is 30.5 Å². The quantitative estimate of drug-likeness (QED) is 0.456. The highest BCUT2D eigenvalue weighted by atomic mass is 19.4.